The second-order valence-electron chi connectivity index (χ2n) is 5.05. The number of pyridine rings is 1. The summed E-state index contributed by atoms with van der Waals surface area (Å²) in [6.45, 7) is 2.06. The van der Waals surface area contributed by atoms with Crippen molar-refractivity contribution in [1.29, 1.82) is 0 Å². The SMILES string of the molecule is COCCC(=O)NNc1c(CC(=O)O)c(C)nc2ccccc12. The van der Waals surface area contributed by atoms with Crippen LogP contribution >= 0.6 is 0 Å². The van der Waals surface area contributed by atoms with Crippen molar-refractivity contribution in [3.05, 3.63) is 35.5 Å². The van der Waals surface area contributed by atoms with Crippen LogP contribution in [0, 0.1) is 6.92 Å². The monoisotopic (exact) mass is 317 g/mol. The van der Waals surface area contributed by atoms with E-state index in [1.54, 1.807) is 6.92 Å². The van der Waals surface area contributed by atoms with E-state index in [9.17, 15) is 9.59 Å². The van der Waals surface area contributed by atoms with Crippen LogP contribution in [-0.4, -0.2) is 35.7 Å². The Bertz CT molecular complexity index is 731. The number of anilines is 1. The largest absolute Gasteiger partial charge is 0.481 e. The molecule has 0 aliphatic carbocycles. The van der Waals surface area contributed by atoms with Gasteiger partial charge in [-0.15, -0.1) is 0 Å². The molecule has 0 bridgehead atoms. The Morgan fingerprint density at radius 2 is 2.04 bits per heavy atom. The quantitative estimate of drug-likeness (QED) is 0.671. The smallest absolute Gasteiger partial charge is 0.307 e. The molecule has 7 nitrogen and oxygen atoms in total. The standard InChI is InChI=1S/C16H19N3O4/c1-10-12(9-15(21)22)16(19-18-14(20)7-8-23-2)11-5-3-4-6-13(11)17-10/h3-6H,7-9H2,1-2H3,(H,17,19)(H,18,20)(H,21,22). The molecule has 1 amide bonds. The maximum atomic E-state index is 11.7. The second-order valence-corrected chi connectivity index (χ2v) is 5.05. The summed E-state index contributed by atoms with van der Waals surface area (Å²) in [5, 5.41) is 9.87. The molecule has 3 N–H and O–H groups in total. The number of rotatable bonds is 7. The van der Waals surface area contributed by atoms with Crippen LogP contribution in [0.1, 0.15) is 17.7 Å². The molecule has 0 spiro atoms. The van der Waals surface area contributed by atoms with Crippen LogP contribution in [0.4, 0.5) is 5.69 Å². The highest BCUT2D eigenvalue weighted by molar-refractivity contribution is 5.95. The Morgan fingerprint density at radius 1 is 1.30 bits per heavy atom. The molecule has 1 aromatic heterocycles. The molecule has 0 radical (unpaired) electrons. The van der Waals surface area contributed by atoms with E-state index in [0.29, 0.717) is 23.6 Å². The Balaban J connectivity index is 2.37. The van der Waals surface area contributed by atoms with Gasteiger partial charge in [-0.3, -0.25) is 25.4 Å². The minimum atomic E-state index is -0.959. The number of benzene rings is 1. The number of hydrogen-bond donors (Lipinski definition) is 3. The average molecular weight is 317 g/mol. The number of carboxylic acids is 1. The molecular weight excluding hydrogens is 298 g/mol. The molecule has 7 heteroatoms. The van der Waals surface area contributed by atoms with Gasteiger partial charge in [-0.25, -0.2) is 0 Å². The number of carboxylic acid groups (broad SMARTS) is 1. The number of para-hydroxylation sites is 1. The molecule has 2 aromatic rings. The van der Waals surface area contributed by atoms with Gasteiger partial charge in [-0.2, -0.15) is 0 Å². The number of nitrogens with one attached hydrogen (secondary N) is 2. The van der Waals surface area contributed by atoms with Crippen molar-refractivity contribution in [1.82, 2.24) is 10.4 Å². The van der Waals surface area contributed by atoms with Gasteiger partial charge < -0.3 is 9.84 Å². The van der Waals surface area contributed by atoms with Crippen molar-refractivity contribution in [3.63, 3.8) is 0 Å². The molecular formula is C16H19N3O4. The van der Waals surface area contributed by atoms with Crippen LogP contribution in [0.3, 0.4) is 0 Å². The maximum absolute atomic E-state index is 11.7. The van der Waals surface area contributed by atoms with Crippen LogP contribution in [0.15, 0.2) is 24.3 Å². The van der Waals surface area contributed by atoms with E-state index < -0.39 is 5.97 Å². The first-order chi connectivity index (χ1) is 11.0. The third kappa shape index (κ3) is 4.17. The van der Waals surface area contributed by atoms with E-state index in [1.165, 1.54) is 7.11 Å². The summed E-state index contributed by atoms with van der Waals surface area (Å²) in [5.41, 5.74) is 7.87. The van der Waals surface area contributed by atoms with Crippen LogP contribution < -0.4 is 10.9 Å². The number of ether oxygens (including phenoxy) is 1. The molecule has 0 unspecified atom stereocenters. The van der Waals surface area contributed by atoms with Crippen molar-refractivity contribution in [2.24, 2.45) is 0 Å². The molecule has 122 valence electrons. The first-order valence-electron chi connectivity index (χ1n) is 7.16. The van der Waals surface area contributed by atoms with E-state index in [-0.39, 0.29) is 18.7 Å². The zero-order chi connectivity index (χ0) is 16.8. The van der Waals surface area contributed by atoms with Crippen molar-refractivity contribution < 1.29 is 19.4 Å². The van der Waals surface area contributed by atoms with Crippen LogP contribution in [0.2, 0.25) is 0 Å². The molecule has 0 saturated heterocycles. The molecule has 23 heavy (non-hydrogen) atoms. The fourth-order valence-corrected chi connectivity index (χ4v) is 2.27. The summed E-state index contributed by atoms with van der Waals surface area (Å²) >= 11 is 0. The van der Waals surface area contributed by atoms with Crippen LogP contribution in [-0.2, 0) is 20.7 Å². The molecule has 0 aliphatic rings. The summed E-state index contributed by atoms with van der Waals surface area (Å²) in [6, 6.07) is 7.36. The Morgan fingerprint density at radius 3 is 2.74 bits per heavy atom. The topological polar surface area (TPSA) is 101 Å². The minimum absolute atomic E-state index is 0.181. The number of carbonyl (C=O) groups is 2. The van der Waals surface area contributed by atoms with Crippen molar-refractivity contribution >= 4 is 28.5 Å². The first-order valence-corrected chi connectivity index (χ1v) is 7.16. The lowest BCUT2D eigenvalue weighted by atomic mass is 10.0. The van der Waals surface area contributed by atoms with Gasteiger partial charge in [-0.1, -0.05) is 18.2 Å². The van der Waals surface area contributed by atoms with Gasteiger partial charge in [0.25, 0.3) is 0 Å². The lowest BCUT2D eigenvalue weighted by molar-refractivity contribution is -0.136. The van der Waals surface area contributed by atoms with Gasteiger partial charge in [0.2, 0.25) is 5.91 Å². The van der Waals surface area contributed by atoms with Crippen molar-refractivity contribution in [3.8, 4) is 0 Å². The molecule has 0 fully saturated rings. The molecule has 2 rings (SSSR count). The lowest BCUT2D eigenvalue weighted by Crippen LogP contribution is -2.31. The molecule has 0 atom stereocenters. The number of hydrazine groups is 1. The van der Waals surface area contributed by atoms with E-state index in [2.05, 4.69) is 15.8 Å². The molecule has 0 aliphatic heterocycles. The highest BCUT2D eigenvalue weighted by atomic mass is 16.5. The zero-order valence-corrected chi connectivity index (χ0v) is 13.0. The van der Waals surface area contributed by atoms with Gasteiger partial charge in [-0.05, 0) is 13.0 Å². The second kappa shape index (κ2) is 7.55. The third-order valence-electron chi connectivity index (χ3n) is 3.39. The Kier molecular flexibility index (Phi) is 5.48. The van der Waals surface area contributed by atoms with Gasteiger partial charge >= 0.3 is 5.97 Å². The number of hydrogen-bond acceptors (Lipinski definition) is 5. The molecule has 1 aromatic carbocycles. The fourth-order valence-electron chi connectivity index (χ4n) is 2.27. The maximum Gasteiger partial charge on any atom is 0.307 e. The zero-order valence-electron chi connectivity index (χ0n) is 13.0. The molecule has 0 saturated carbocycles. The van der Waals surface area contributed by atoms with Crippen LogP contribution in [0.25, 0.3) is 10.9 Å². The number of carbonyl (C=O) groups excluding carboxylic acids is 1. The average Bonchev–Trinajstić information content (AvgIpc) is 2.52. The number of fused-ring (bicyclic) bond motifs is 1. The van der Waals surface area contributed by atoms with Crippen molar-refractivity contribution in [2.75, 3.05) is 19.1 Å². The van der Waals surface area contributed by atoms with E-state index >= 15 is 0 Å². The van der Waals surface area contributed by atoms with E-state index in [4.69, 9.17) is 9.84 Å². The third-order valence-corrected chi connectivity index (χ3v) is 3.39. The Hall–Kier alpha value is -2.67. The number of methoxy groups -OCH3 is 1. The van der Waals surface area contributed by atoms with Gasteiger partial charge in [0.1, 0.15) is 0 Å². The summed E-state index contributed by atoms with van der Waals surface area (Å²) < 4.78 is 4.85. The van der Waals surface area contributed by atoms with Crippen molar-refractivity contribution in [2.45, 2.75) is 19.8 Å². The predicted octanol–water partition coefficient (Wildman–Crippen LogP) is 1.65. The number of aliphatic carboxylic acids is 1. The minimum Gasteiger partial charge on any atom is -0.481 e. The highest BCUT2D eigenvalue weighted by Gasteiger charge is 2.15. The molecule has 1 heterocycles. The Labute approximate surface area is 133 Å². The first kappa shape index (κ1) is 16.7. The number of aryl methyl sites for hydroxylation is 1. The fraction of sp³-hybridized carbons (Fsp3) is 0.312. The summed E-state index contributed by atoms with van der Waals surface area (Å²) in [5.74, 6) is -1.20. The van der Waals surface area contributed by atoms with Gasteiger partial charge in [0.15, 0.2) is 0 Å². The van der Waals surface area contributed by atoms with E-state index in [0.717, 1.165) is 10.9 Å². The highest BCUT2D eigenvalue weighted by Crippen LogP contribution is 2.28. The van der Waals surface area contributed by atoms with Gasteiger partial charge in [0.05, 0.1) is 30.7 Å². The van der Waals surface area contributed by atoms with E-state index in [1.807, 2.05) is 24.3 Å². The summed E-state index contributed by atoms with van der Waals surface area (Å²) in [4.78, 5) is 27.3. The number of aromatic nitrogens is 1. The summed E-state index contributed by atoms with van der Waals surface area (Å²) in [7, 11) is 1.52. The predicted molar refractivity (Wildman–Crippen MR) is 86.1 cm³/mol. The number of amides is 1. The van der Waals surface area contributed by atoms with Gasteiger partial charge in [0, 0.05) is 23.8 Å². The normalized spacial score (nSPS) is 10.5. The van der Waals surface area contributed by atoms with Crippen LogP contribution in [0.5, 0.6) is 0 Å². The summed E-state index contributed by atoms with van der Waals surface area (Å²) in [6.07, 6.45) is 0.0275. The number of nitrogens with zero attached hydrogens (tertiary/aromatic N) is 1. The lowest BCUT2D eigenvalue weighted by Gasteiger charge is -2.16.